The maximum Gasteiger partial charge on any atom is 0.0796 e. The summed E-state index contributed by atoms with van der Waals surface area (Å²) in [6.07, 6.45) is 1.33. The molecule has 0 atom stereocenters. The molecule has 0 aromatic carbocycles. The fourth-order valence-electron chi connectivity index (χ4n) is 1.76. The lowest BCUT2D eigenvalue weighted by Gasteiger charge is -2.33. The smallest absolute Gasteiger partial charge is 0.0796 e. The van der Waals surface area contributed by atoms with E-state index in [2.05, 4.69) is 39.6 Å². The fourth-order valence-corrected chi connectivity index (χ4v) is 1.76. The first-order valence-electron chi connectivity index (χ1n) is 6.17. The highest BCUT2D eigenvalue weighted by molar-refractivity contribution is 4.51. The van der Waals surface area contributed by atoms with E-state index >= 15 is 0 Å². The van der Waals surface area contributed by atoms with Crippen molar-refractivity contribution in [3.63, 3.8) is 0 Å². The molecule has 0 N–H and O–H groups in total. The molecule has 2 nitrogen and oxygen atoms in total. The van der Waals surface area contributed by atoms with Gasteiger partial charge in [-0.3, -0.25) is 0 Å². The van der Waals surface area contributed by atoms with Gasteiger partial charge in [0.25, 0.3) is 0 Å². The van der Waals surface area contributed by atoms with Crippen LogP contribution in [0.4, 0.5) is 0 Å². The first-order chi connectivity index (χ1) is 6.61. The highest BCUT2D eigenvalue weighted by atomic mass is 79.9. The van der Waals surface area contributed by atoms with Crippen molar-refractivity contribution >= 4 is 0 Å². The summed E-state index contributed by atoms with van der Waals surface area (Å²) in [6, 6.07) is 0. The van der Waals surface area contributed by atoms with Crippen LogP contribution in [-0.2, 0) is 0 Å². The van der Waals surface area contributed by atoms with Crippen molar-refractivity contribution < 1.29 is 21.5 Å². The molecule has 0 radical (unpaired) electrons. The van der Waals surface area contributed by atoms with Crippen LogP contribution in [0.3, 0.4) is 0 Å². The normalized spacial score (nSPS) is 11.6. The standard InChI is InChI=1S/C12H29N2.BrH/c1-6-13(7-2)11-10-12-14(5,8-3)9-4;/h6-12H2,1-5H3;1H/q+1;/p-1. The molecule has 0 heterocycles. The van der Waals surface area contributed by atoms with Gasteiger partial charge in [-0.2, -0.15) is 0 Å². The van der Waals surface area contributed by atoms with Gasteiger partial charge in [-0.25, -0.2) is 0 Å². The van der Waals surface area contributed by atoms with E-state index in [1.165, 1.54) is 50.2 Å². The molecule has 15 heavy (non-hydrogen) atoms. The molecule has 0 fully saturated rings. The average molecular weight is 281 g/mol. The Morgan fingerprint density at radius 2 is 1.40 bits per heavy atom. The monoisotopic (exact) mass is 280 g/mol. The molecule has 0 aliphatic carbocycles. The Hall–Kier alpha value is 0.400. The van der Waals surface area contributed by atoms with Crippen LogP contribution in [0.1, 0.15) is 34.1 Å². The number of hydrogen-bond donors (Lipinski definition) is 0. The Morgan fingerprint density at radius 1 is 0.933 bits per heavy atom. The van der Waals surface area contributed by atoms with E-state index in [-0.39, 0.29) is 17.0 Å². The van der Waals surface area contributed by atoms with Crippen LogP contribution < -0.4 is 17.0 Å². The predicted octanol–water partition coefficient (Wildman–Crippen LogP) is -0.791. The maximum atomic E-state index is 2.51. The third kappa shape index (κ3) is 7.31. The summed E-state index contributed by atoms with van der Waals surface area (Å²) in [6.45, 7) is 16.6. The Bertz CT molecular complexity index is 132. The molecule has 0 bridgehead atoms. The Labute approximate surface area is 107 Å². The second-order valence-corrected chi connectivity index (χ2v) is 4.36. The molecule has 0 saturated carbocycles. The van der Waals surface area contributed by atoms with Crippen molar-refractivity contribution in [2.45, 2.75) is 34.1 Å². The molecule has 0 spiro atoms. The lowest BCUT2D eigenvalue weighted by atomic mass is 10.3. The van der Waals surface area contributed by atoms with Crippen molar-refractivity contribution in [1.82, 2.24) is 4.90 Å². The SMILES string of the molecule is CCN(CC)CCC[N+](C)(CC)CC.[Br-]. The average Bonchev–Trinajstić information content (AvgIpc) is 2.24. The van der Waals surface area contributed by atoms with Gasteiger partial charge in [-0.05, 0) is 26.9 Å². The van der Waals surface area contributed by atoms with Gasteiger partial charge >= 0.3 is 0 Å². The van der Waals surface area contributed by atoms with Gasteiger partial charge in [0.2, 0.25) is 0 Å². The van der Waals surface area contributed by atoms with Crippen LogP contribution in [-0.4, -0.2) is 55.7 Å². The summed E-state index contributed by atoms with van der Waals surface area (Å²) in [5.74, 6) is 0. The van der Waals surface area contributed by atoms with Gasteiger partial charge in [0.1, 0.15) is 0 Å². The summed E-state index contributed by atoms with van der Waals surface area (Å²) in [5, 5.41) is 0. The van der Waals surface area contributed by atoms with Gasteiger partial charge in [-0.1, -0.05) is 13.8 Å². The van der Waals surface area contributed by atoms with Crippen molar-refractivity contribution in [3.8, 4) is 0 Å². The maximum absolute atomic E-state index is 2.51. The molecule has 0 amide bonds. The molecule has 94 valence electrons. The molecule has 0 aliphatic heterocycles. The van der Waals surface area contributed by atoms with Crippen LogP contribution in [0, 0.1) is 0 Å². The molecule has 3 heteroatoms. The Morgan fingerprint density at radius 3 is 1.73 bits per heavy atom. The fraction of sp³-hybridized carbons (Fsp3) is 1.00. The second kappa shape index (κ2) is 9.61. The Kier molecular flexibility index (Phi) is 11.4. The highest BCUT2D eigenvalue weighted by Crippen LogP contribution is 2.03. The molecule has 0 aromatic heterocycles. The number of nitrogens with zero attached hydrogens (tertiary/aromatic N) is 2. The predicted molar refractivity (Wildman–Crippen MR) is 64.5 cm³/mol. The van der Waals surface area contributed by atoms with E-state index in [1.54, 1.807) is 0 Å². The van der Waals surface area contributed by atoms with Crippen LogP contribution >= 0.6 is 0 Å². The van der Waals surface area contributed by atoms with E-state index in [9.17, 15) is 0 Å². The summed E-state index contributed by atoms with van der Waals surface area (Å²) in [7, 11) is 2.36. The summed E-state index contributed by atoms with van der Waals surface area (Å²) >= 11 is 0. The molecule has 0 aromatic rings. The van der Waals surface area contributed by atoms with E-state index in [0.717, 1.165) is 0 Å². The van der Waals surface area contributed by atoms with Crippen molar-refractivity contribution in [3.05, 3.63) is 0 Å². The van der Waals surface area contributed by atoms with Gasteiger partial charge < -0.3 is 26.4 Å². The molecular weight excluding hydrogens is 252 g/mol. The zero-order valence-electron chi connectivity index (χ0n) is 11.2. The van der Waals surface area contributed by atoms with E-state index in [4.69, 9.17) is 0 Å². The molecule has 0 saturated heterocycles. The van der Waals surface area contributed by atoms with Crippen molar-refractivity contribution in [2.75, 3.05) is 46.3 Å². The number of rotatable bonds is 8. The van der Waals surface area contributed by atoms with E-state index in [1.807, 2.05) is 0 Å². The molecule has 0 aliphatic rings. The minimum atomic E-state index is 0. The first kappa shape index (κ1) is 17.8. The number of quaternary nitrogens is 1. The van der Waals surface area contributed by atoms with Crippen LogP contribution in [0.2, 0.25) is 0 Å². The van der Waals surface area contributed by atoms with Crippen molar-refractivity contribution in [1.29, 1.82) is 0 Å². The van der Waals surface area contributed by atoms with Crippen molar-refractivity contribution in [2.24, 2.45) is 0 Å². The summed E-state index contributed by atoms with van der Waals surface area (Å²) < 4.78 is 1.22. The number of halogens is 1. The Balaban J connectivity index is 0. The van der Waals surface area contributed by atoms with Gasteiger partial charge in [0.05, 0.1) is 26.7 Å². The third-order valence-corrected chi connectivity index (χ3v) is 3.59. The quantitative estimate of drug-likeness (QED) is 0.527. The molecule has 0 rings (SSSR count). The minimum absolute atomic E-state index is 0. The second-order valence-electron chi connectivity index (χ2n) is 4.36. The van der Waals surface area contributed by atoms with Gasteiger partial charge in [0, 0.05) is 13.0 Å². The lowest BCUT2D eigenvalue weighted by Crippen LogP contribution is -3.00. The summed E-state index contributed by atoms with van der Waals surface area (Å²) in [5.41, 5.74) is 0. The lowest BCUT2D eigenvalue weighted by molar-refractivity contribution is -0.906. The minimum Gasteiger partial charge on any atom is -1.00 e. The van der Waals surface area contributed by atoms with E-state index < -0.39 is 0 Å². The van der Waals surface area contributed by atoms with Crippen LogP contribution in [0.25, 0.3) is 0 Å². The molecular formula is C12H29BrN2. The van der Waals surface area contributed by atoms with Crippen LogP contribution in [0.5, 0.6) is 0 Å². The largest absolute Gasteiger partial charge is 1.00 e. The zero-order valence-corrected chi connectivity index (χ0v) is 12.8. The zero-order chi connectivity index (χ0) is 11.0. The highest BCUT2D eigenvalue weighted by Gasteiger charge is 2.15. The third-order valence-electron chi connectivity index (χ3n) is 3.59. The van der Waals surface area contributed by atoms with Gasteiger partial charge in [-0.15, -0.1) is 0 Å². The van der Waals surface area contributed by atoms with E-state index in [0.29, 0.717) is 0 Å². The van der Waals surface area contributed by atoms with Gasteiger partial charge in [0.15, 0.2) is 0 Å². The first-order valence-corrected chi connectivity index (χ1v) is 6.17. The summed E-state index contributed by atoms with van der Waals surface area (Å²) in [4.78, 5) is 2.51. The molecule has 0 unspecified atom stereocenters. The number of hydrogen-bond acceptors (Lipinski definition) is 1. The van der Waals surface area contributed by atoms with Crippen LogP contribution in [0.15, 0.2) is 0 Å². The topological polar surface area (TPSA) is 3.24 Å².